The molecule has 1 aromatic carbocycles. The van der Waals surface area contributed by atoms with Gasteiger partial charge in [-0.15, -0.1) is 0 Å². The zero-order valence-electron chi connectivity index (χ0n) is 13.8. The molecule has 1 aliphatic heterocycles. The van der Waals surface area contributed by atoms with Gasteiger partial charge in [0.1, 0.15) is 0 Å². The molecular formula is C19H15Cl3N4. The van der Waals surface area contributed by atoms with Crippen molar-refractivity contribution in [3.8, 4) is 11.4 Å². The highest BCUT2D eigenvalue weighted by Gasteiger charge is 2.20. The Morgan fingerprint density at radius 1 is 0.962 bits per heavy atom. The van der Waals surface area contributed by atoms with Crippen molar-refractivity contribution < 1.29 is 0 Å². The van der Waals surface area contributed by atoms with Gasteiger partial charge in [-0.25, -0.2) is 9.97 Å². The maximum Gasteiger partial charge on any atom is 0.159 e. The molecule has 0 saturated heterocycles. The van der Waals surface area contributed by atoms with Gasteiger partial charge in [0.2, 0.25) is 0 Å². The molecule has 1 aliphatic rings. The molecule has 0 amide bonds. The van der Waals surface area contributed by atoms with Gasteiger partial charge in [0, 0.05) is 66.4 Å². The molecule has 4 rings (SSSR count). The van der Waals surface area contributed by atoms with E-state index < -0.39 is 0 Å². The number of hydrogen-bond donors (Lipinski definition) is 0. The Hall–Kier alpha value is -1.72. The number of hydrogen-bond acceptors (Lipinski definition) is 4. The van der Waals surface area contributed by atoms with Crippen molar-refractivity contribution in [1.82, 2.24) is 19.9 Å². The molecule has 0 bridgehead atoms. The lowest BCUT2D eigenvalue weighted by Gasteiger charge is -2.28. The average Bonchev–Trinajstić information content (AvgIpc) is 2.65. The lowest BCUT2D eigenvalue weighted by atomic mass is 10.1. The first-order chi connectivity index (χ1) is 12.6. The number of rotatable bonds is 3. The molecule has 0 aliphatic carbocycles. The van der Waals surface area contributed by atoms with Gasteiger partial charge < -0.3 is 0 Å². The highest BCUT2D eigenvalue weighted by atomic mass is 35.5. The fourth-order valence-electron chi connectivity index (χ4n) is 3.06. The summed E-state index contributed by atoms with van der Waals surface area (Å²) in [6.45, 7) is 2.34. The quantitative estimate of drug-likeness (QED) is 0.611. The lowest BCUT2D eigenvalue weighted by molar-refractivity contribution is 0.243. The summed E-state index contributed by atoms with van der Waals surface area (Å²) in [5.41, 5.74) is 4.10. The molecule has 0 spiro atoms. The molecule has 2 aromatic heterocycles. The molecule has 4 nitrogen and oxygen atoms in total. The average molecular weight is 406 g/mol. The minimum Gasteiger partial charge on any atom is -0.294 e. The third kappa shape index (κ3) is 3.69. The van der Waals surface area contributed by atoms with Crippen LogP contribution in [0.4, 0.5) is 0 Å². The summed E-state index contributed by atoms with van der Waals surface area (Å²) >= 11 is 18.4. The van der Waals surface area contributed by atoms with Crippen LogP contribution >= 0.6 is 34.8 Å². The maximum atomic E-state index is 6.24. The van der Waals surface area contributed by atoms with E-state index >= 15 is 0 Å². The number of benzene rings is 1. The van der Waals surface area contributed by atoms with Gasteiger partial charge in [0.25, 0.3) is 0 Å². The van der Waals surface area contributed by atoms with Crippen LogP contribution in [0.25, 0.3) is 11.4 Å². The fraction of sp³-hybridized carbons (Fsp3) is 0.211. The van der Waals surface area contributed by atoms with E-state index in [1.54, 1.807) is 12.4 Å². The van der Waals surface area contributed by atoms with Crippen molar-refractivity contribution >= 4 is 34.8 Å². The Bertz CT molecular complexity index is 924. The summed E-state index contributed by atoms with van der Waals surface area (Å²) in [5, 5.41) is 1.89. The molecule has 3 aromatic rings. The Labute approximate surface area is 166 Å². The summed E-state index contributed by atoms with van der Waals surface area (Å²) in [4.78, 5) is 15.6. The van der Waals surface area contributed by atoms with E-state index in [0.29, 0.717) is 21.6 Å². The number of aromatic nitrogens is 3. The first kappa shape index (κ1) is 17.7. The molecule has 132 valence electrons. The summed E-state index contributed by atoms with van der Waals surface area (Å²) in [6, 6.07) is 7.58. The van der Waals surface area contributed by atoms with Crippen LogP contribution in [0.5, 0.6) is 0 Å². The van der Waals surface area contributed by atoms with E-state index in [-0.39, 0.29) is 0 Å². The van der Waals surface area contributed by atoms with Crippen molar-refractivity contribution in [2.45, 2.75) is 19.5 Å². The topological polar surface area (TPSA) is 41.9 Å². The van der Waals surface area contributed by atoms with E-state index in [2.05, 4.69) is 14.9 Å². The highest BCUT2D eigenvalue weighted by molar-refractivity contribution is 6.35. The van der Waals surface area contributed by atoms with Gasteiger partial charge >= 0.3 is 0 Å². The van der Waals surface area contributed by atoms with Crippen LogP contribution in [0, 0.1) is 0 Å². The van der Waals surface area contributed by atoms with Crippen LogP contribution < -0.4 is 0 Å². The first-order valence-corrected chi connectivity index (χ1v) is 9.34. The molecule has 3 heterocycles. The molecule has 7 heteroatoms. The van der Waals surface area contributed by atoms with Gasteiger partial charge in [-0.05, 0) is 24.3 Å². The van der Waals surface area contributed by atoms with E-state index in [0.717, 1.165) is 47.7 Å². The zero-order chi connectivity index (χ0) is 18.1. The number of fused-ring (bicyclic) bond motifs is 1. The minimum atomic E-state index is 0.595. The SMILES string of the molecule is Clc1ccc(-c2ncc3c(n2)CCN(Cc2c(Cl)cncc2Cl)C3)cc1. The van der Waals surface area contributed by atoms with Crippen molar-refractivity contribution in [3.05, 3.63) is 74.7 Å². The summed E-state index contributed by atoms with van der Waals surface area (Å²) in [7, 11) is 0. The van der Waals surface area contributed by atoms with Crippen LogP contribution in [-0.4, -0.2) is 26.4 Å². The molecule has 0 unspecified atom stereocenters. The fourth-order valence-corrected chi connectivity index (χ4v) is 3.67. The van der Waals surface area contributed by atoms with Crippen LogP contribution in [0.3, 0.4) is 0 Å². The summed E-state index contributed by atoms with van der Waals surface area (Å²) in [5.74, 6) is 0.731. The largest absolute Gasteiger partial charge is 0.294 e. The molecule has 0 N–H and O–H groups in total. The smallest absolute Gasteiger partial charge is 0.159 e. The van der Waals surface area contributed by atoms with E-state index in [9.17, 15) is 0 Å². The zero-order valence-corrected chi connectivity index (χ0v) is 16.1. The Balaban J connectivity index is 1.54. The lowest BCUT2D eigenvalue weighted by Crippen LogP contribution is -2.31. The highest BCUT2D eigenvalue weighted by Crippen LogP contribution is 2.27. The van der Waals surface area contributed by atoms with Gasteiger partial charge in [0.05, 0.1) is 15.7 Å². The van der Waals surface area contributed by atoms with Crippen LogP contribution in [-0.2, 0) is 19.5 Å². The predicted octanol–water partition coefficient (Wildman–Crippen LogP) is 5.06. The van der Waals surface area contributed by atoms with E-state index in [1.165, 1.54) is 0 Å². The normalized spacial score (nSPS) is 14.3. The summed E-state index contributed by atoms with van der Waals surface area (Å²) in [6.07, 6.45) is 6.03. The summed E-state index contributed by atoms with van der Waals surface area (Å²) < 4.78 is 0. The molecule has 0 atom stereocenters. The Morgan fingerprint density at radius 2 is 1.69 bits per heavy atom. The third-order valence-corrected chi connectivity index (χ3v) is 5.35. The Kier molecular flexibility index (Phi) is 5.09. The molecule has 0 saturated carbocycles. The van der Waals surface area contributed by atoms with Crippen molar-refractivity contribution in [3.63, 3.8) is 0 Å². The number of nitrogens with zero attached hydrogens (tertiary/aromatic N) is 4. The van der Waals surface area contributed by atoms with E-state index in [1.807, 2.05) is 30.5 Å². The second kappa shape index (κ2) is 7.49. The standard InChI is InChI=1S/C19H15Cl3N4/c20-14-3-1-12(2-4-14)19-24-7-13-10-26(6-5-18(13)25-19)11-15-16(21)8-23-9-17(15)22/h1-4,7-9H,5-6,10-11H2. The van der Waals surface area contributed by atoms with Crippen LogP contribution in [0.1, 0.15) is 16.8 Å². The third-order valence-electron chi connectivity index (χ3n) is 4.45. The predicted molar refractivity (Wildman–Crippen MR) is 105 cm³/mol. The van der Waals surface area contributed by atoms with Crippen LogP contribution in [0.15, 0.2) is 42.9 Å². The van der Waals surface area contributed by atoms with Crippen molar-refractivity contribution in [1.29, 1.82) is 0 Å². The number of halogens is 3. The maximum absolute atomic E-state index is 6.24. The Morgan fingerprint density at radius 3 is 2.42 bits per heavy atom. The first-order valence-electron chi connectivity index (χ1n) is 8.21. The minimum absolute atomic E-state index is 0.595. The monoisotopic (exact) mass is 404 g/mol. The number of pyridine rings is 1. The second-order valence-corrected chi connectivity index (χ2v) is 7.47. The van der Waals surface area contributed by atoms with Gasteiger partial charge in [-0.3, -0.25) is 9.88 Å². The van der Waals surface area contributed by atoms with Crippen LogP contribution in [0.2, 0.25) is 15.1 Å². The van der Waals surface area contributed by atoms with Gasteiger partial charge in [0.15, 0.2) is 5.82 Å². The second-order valence-electron chi connectivity index (χ2n) is 6.21. The van der Waals surface area contributed by atoms with Gasteiger partial charge in [-0.2, -0.15) is 0 Å². The van der Waals surface area contributed by atoms with Gasteiger partial charge in [-0.1, -0.05) is 34.8 Å². The van der Waals surface area contributed by atoms with Crippen molar-refractivity contribution in [2.24, 2.45) is 0 Å². The molecular weight excluding hydrogens is 391 g/mol. The molecule has 0 radical (unpaired) electrons. The molecule has 26 heavy (non-hydrogen) atoms. The van der Waals surface area contributed by atoms with E-state index in [4.69, 9.17) is 39.8 Å². The van der Waals surface area contributed by atoms with Crippen molar-refractivity contribution in [2.75, 3.05) is 6.54 Å². The molecule has 0 fully saturated rings.